The first-order valence-electron chi connectivity index (χ1n) is 10.6. The lowest BCUT2D eigenvalue weighted by atomic mass is 9.98. The SMILES string of the molecule is CCOC(=O)[C@@H]1CCCN(c2ncc(NS(=O)(=O)c3cc(OC)ccc3OC)cc2C(=O)O)C1. The molecule has 0 saturated carbocycles. The van der Waals surface area contributed by atoms with Crippen LogP contribution >= 0.6 is 0 Å². The molecule has 2 aromatic rings. The molecule has 184 valence electrons. The number of nitrogens with one attached hydrogen (secondary N) is 1. The number of hydrogen-bond donors (Lipinski definition) is 2. The number of aromatic nitrogens is 1. The number of pyridine rings is 1. The van der Waals surface area contributed by atoms with Gasteiger partial charge in [0.15, 0.2) is 0 Å². The summed E-state index contributed by atoms with van der Waals surface area (Å²) in [6.07, 6.45) is 2.53. The van der Waals surface area contributed by atoms with Crippen LogP contribution < -0.4 is 19.1 Å². The lowest BCUT2D eigenvalue weighted by molar-refractivity contribution is -0.148. The number of carbonyl (C=O) groups is 2. The molecule has 1 atom stereocenters. The first-order valence-corrected chi connectivity index (χ1v) is 12.1. The molecule has 1 aromatic heterocycles. The van der Waals surface area contributed by atoms with Crippen LogP contribution in [0.2, 0.25) is 0 Å². The minimum Gasteiger partial charge on any atom is -0.497 e. The van der Waals surface area contributed by atoms with Gasteiger partial charge >= 0.3 is 11.9 Å². The van der Waals surface area contributed by atoms with Gasteiger partial charge in [-0.1, -0.05) is 0 Å². The molecule has 0 bridgehead atoms. The third-order valence-electron chi connectivity index (χ3n) is 5.35. The molecule has 11 nitrogen and oxygen atoms in total. The van der Waals surface area contributed by atoms with Crippen LogP contribution in [0, 0.1) is 5.92 Å². The van der Waals surface area contributed by atoms with Crippen LogP contribution in [0.4, 0.5) is 11.5 Å². The highest BCUT2D eigenvalue weighted by Gasteiger charge is 2.30. The van der Waals surface area contributed by atoms with E-state index in [4.69, 9.17) is 14.2 Å². The molecule has 12 heteroatoms. The Morgan fingerprint density at radius 2 is 2.00 bits per heavy atom. The van der Waals surface area contributed by atoms with Crippen molar-refractivity contribution in [3.63, 3.8) is 0 Å². The minimum absolute atomic E-state index is 0.0371. The molecule has 1 aliphatic rings. The Hall–Kier alpha value is -3.54. The number of esters is 1. The minimum atomic E-state index is -4.16. The van der Waals surface area contributed by atoms with Crippen molar-refractivity contribution in [2.24, 2.45) is 5.92 Å². The van der Waals surface area contributed by atoms with Gasteiger partial charge in [-0.25, -0.2) is 18.2 Å². The standard InChI is InChI=1S/C22H27N3O8S/c1-4-33-22(28)14-6-5-9-25(13-14)20-17(21(26)27)10-15(12-23-20)24-34(29,30)19-11-16(31-2)7-8-18(19)32-3/h7-8,10-12,14,24H,4-6,9,13H2,1-3H3,(H,26,27)/t14-/m1/s1. The number of hydrogen-bond acceptors (Lipinski definition) is 9. The van der Waals surface area contributed by atoms with Gasteiger partial charge in [0, 0.05) is 19.2 Å². The van der Waals surface area contributed by atoms with Crippen LogP contribution in [0.15, 0.2) is 35.4 Å². The molecule has 2 N–H and O–H groups in total. The topological polar surface area (TPSA) is 144 Å². The number of carbonyl (C=O) groups excluding carboxylic acids is 1. The Kier molecular flexibility index (Phi) is 7.82. The predicted octanol–water partition coefficient (Wildman–Crippen LogP) is 2.38. The Labute approximate surface area is 197 Å². The maximum atomic E-state index is 13.0. The van der Waals surface area contributed by atoms with Crippen LogP contribution in [0.5, 0.6) is 11.5 Å². The molecule has 0 unspecified atom stereocenters. The van der Waals surface area contributed by atoms with Gasteiger partial charge in [-0.05, 0) is 38.0 Å². The molecule has 0 radical (unpaired) electrons. The monoisotopic (exact) mass is 493 g/mol. The lowest BCUT2D eigenvalue weighted by Crippen LogP contribution is -2.40. The maximum absolute atomic E-state index is 13.0. The Balaban J connectivity index is 1.90. The van der Waals surface area contributed by atoms with Crippen molar-refractivity contribution in [2.75, 3.05) is 43.5 Å². The zero-order valence-electron chi connectivity index (χ0n) is 19.1. The van der Waals surface area contributed by atoms with Gasteiger partial charge < -0.3 is 24.2 Å². The summed E-state index contributed by atoms with van der Waals surface area (Å²) in [6, 6.07) is 5.50. The van der Waals surface area contributed by atoms with Crippen molar-refractivity contribution >= 4 is 33.5 Å². The first kappa shape index (κ1) is 25.1. The van der Waals surface area contributed by atoms with Gasteiger partial charge in [-0.3, -0.25) is 9.52 Å². The van der Waals surface area contributed by atoms with Gasteiger partial charge in [-0.2, -0.15) is 0 Å². The van der Waals surface area contributed by atoms with E-state index < -0.39 is 21.9 Å². The summed E-state index contributed by atoms with van der Waals surface area (Å²) in [5.74, 6) is -1.45. The number of carboxylic acid groups (broad SMARTS) is 1. The summed E-state index contributed by atoms with van der Waals surface area (Å²) >= 11 is 0. The van der Waals surface area contributed by atoms with E-state index >= 15 is 0 Å². The van der Waals surface area contributed by atoms with Crippen LogP contribution in [0.25, 0.3) is 0 Å². The summed E-state index contributed by atoms with van der Waals surface area (Å²) in [6.45, 7) is 2.76. The quantitative estimate of drug-likeness (QED) is 0.500. The molecule has 0 aliphatic carbocycles. The molecule has 34 heavy (non-hydrogen) atoms. The van der Waals surface area contributed by atoms with Gasteiger partial charge in [-0.15, -0.1) is 0 Å². The smallest absolute Gasteiger partial charge is 0.339 e. The molecule has 3 rings (SSSR count). The van der Waals surface area contributed by atoms with E-state index in [9.17, 15) is 23.1 Å². The number of aromatic carboxylic acids is 1. The first-order chi connectivity index (χ1) is 16.2. The summed E-state index contributed by atoms with van der Waals surface area (Å²) < 4.78 is 43.7. The number of sulfonamides is 1. The van der Waals surface area contributed by atoms with Gasteiger partial charge in [0.05, 0.1) is 38.6 Å². The number of ether oxygens (including phenoxy) is 3. The summed E-state index contributed by atoms with van der Waals surface area (Å²) in [4.78, 5) is 29.9. The highest BCUT2D eigenvalue weighted by Crippen LogP contribution is 2.31. The maximum Gasteiger partial charge on any atom is 0.339 e. The van der Waals surface area contributed by atoms with Crippen molar-refractivity contribution in [1.29, 1.82) is 0 Å². The Bertz CT molecular complexity index is 1170. The average Bonchev–Trinajstić information content (AvgIpc) is 2.83. The van der Waals surface area contributed by atoms with Crippen molar-refractivity contribution in [2.45, 2.75) is 24.7 Å². The van der Waals surface area contributed by atoms with Crippen molar-refractivity contribution in [1.82, 2.24) is 4.98 Å². The van der Waals surface area contributed by atoms with E-state index in [0.717, 1.165) is 0 Å². The predicted molar refractivity (Wildman–Crippen MR) is 123 cm³/mol. The van der Waals surface area contributed by atoms with E-state index in [-0.39, 0.29) is 46.8 Å². The van der Waals surface area contributed by atoms with Crippen LogP contribution in [-0.4, -0.2) is 64.4 Å². The highest BCUT2D eigenvalue weighted by atomic mass is 32.2. The largest absolute Gasteiger partial charge is 0.497 e. The normalized spacial score (nSPS) is 16.0. The zero-order chi connectivity index (χ0) is 24.9. The van der Waals surface area contributed by atoms with Gasteiger partial charge in [0.25, 0.3) is 10.0 Å². The molecule has 0 spiro atoms. The molecule has 0 amide bonds. The molecule has 2 heterocycles. The molecule has 1 fully saturated rings. The number of carboxylic acids is 1. The number of benzene rings is 1. The fourth-order valence-corrected chi connectivity index (χ4v) is 4.97. The van der Waals surface area contributed by atoms with Gasteiger partial charge in [0.2, 0.25) is 0 Å². The Morgan fingerprint density at radius 3 is 2.65 bits per heavy atom. The van der Waals surface area contributed by atoms with Crippen LogP contribution in [-0.2, 0) is 19.6 Å². The van der Waals surface area contributed by atoms with E-state index in [2.05, 4.69) is 9.71 Å². The van der Waals surface area contributed by atoms with Crippen molar-refractivity contribution in [3.05, 3.63) is 36.0 Å². The number of rotatable bonds is 9. The fourth-order valence-electron chi connectivity index (χ4n) is 3.75. The zero-order valence-corrected chi connectivity index (χ0v) is 19.9. The Morgan fingerprint density at radius 1 is 1.24 bits per heavy atom. The van der Waals surface area contributed by atoms with Crippen molar-refractivity contribution < 1.29 is 37.3 Å². The molecular weight excluding hydrogens is 466 g/mol. The third-order valence-corrected chi connectivity index (χ3v) is 6.75. The third kappa shape index (κ3) is 5.50. The van der Waals surface area contributed by atoms with E-state index in [1.165, 1.54) is 38.6 Å². The number of piperidine rings is 1. The highest BCUT2D eigenvalue weighted by molar-refractivity contribution is 7.92. The summed E-state index contributed by atoms with van der Waals surface area (Å²) in [7, 11) is -1.42. The average molecular weight is 494 g/mol. The second kappa shape index (κ2) is 10.6. The summed E-state index contributed by atoms with van der Waals surface area (Å²) in [5, 5.41) is 9.77. The second-order valence-electron chi connectivity index (χ2n) is 7.56. The number of anilines is 2. The molecular formula is C22H27N3O8S. The number of nitrogens with zero attached hydrogens (tertiary/aromatic N) is 2. The summed E-state index contributed by atoms with van der Waals surface area (Å²) in [5.41, 5.74) is -0.229. The molecule has 1 saturated heterocycles. The van der Waals surface area contributed by atoms with E-state index in [0.29, 0.717) is 25.1 Å². The molecule has 1 aromatic carbocycles. The van der Waals surface area contributed by atoms with E-state index in [1.54, 1.807) is 17.9 Å². The van der Waals surface area contributed by atoms with Crippen LogP contribution in [0.1, 0.15) is 30.1 Å². The van der Waals surface area contributed by atoms with Crippen molar-refractivity contribution in [3.8, 4) is 11.5 Å². The second-order valence-corrected chi connectivity index (χ2v) is 9.21. The number of methoxy groups -OCH3 is 2. The lowest BCUT2D eigenvalue weighted by Gasteiger charge is -2.33. The fraction of sp³-hybridized carbons (Fsp3) is 0.409. The van der Waals surface area contributed by atoms with Gasteiger partial charge in [0.1, 0.15) is 27.8 Å². The van der Waals surface area contributed by atoms with Crippen LogP contribution in [0.3, 0.4) is 0 Å². The molecule has 1 aliphatic heterocycles. The van der Waals surface area contributed by atoms with E-state index in [1.807, 2.05) is 0 Å².